The number of benzene rings is 1. The quantitative estimate of drug-likeness (QED) is 0.577. The zero-order valence-electron chi connectivity index (χ0n) is 11.7. The number of hydrogen-bond acceptors (Lipinski definition) is 5. The summed E-state index contributed by atoms with van der Waals surface area (Å²) in [5.41, 5.74) is -0.259. The Labute approximate surface area is 118 Å². The Hall–Kier alpha value is -1.59. The lowest BCUT2D eigenvalue weighted by Crippen LogP contribution is -2.32. The second kappa shape index (κ2) is 5.81. The molecule has 5 heteroatoms. The van der Waals surface area contributed by atoms with Gasteiger partial charge in [-0.2, -0.15) is 0 Å². The van der Waals surface area contributed by atoms with E-state index in [0.29, 0.717) is 18.5 Å². The summed E-state index contributed by atoms with van der Waals surface area (Å²) in [4.78, 5) is 14.2. The first-order valence-corrected chi connectivity index (χ1v) is 6.87. The van der Waals surface area contributed by atoms with E-state index in [9.17, 15) is 20.1 Å². The Kier molecular flexibility index (Phi) is 4.30. The van der Waals surface area contributed by atoms with Gasteiger partial charge in [0.2, 0.25) is 0 Å². The lowest BCUT2D eigenvalue weighted by molar-refractivity contribution is 0.0444. The van der Waals surface area contributed by atoms with E-state index in [4.69, 9.17) is 0 Å². The molecule has 20 heavy (non-hydrogen) atoms. The number of aromatic hydroxyl groups is 2. The van der Waals surface area contributed by atoms with E-state index in [1.807, 2.05) is 11.8 Å². The van der Waals surface area contributed by atoms with E-state index < -0.39 is 5.60 Å². The second-order valence-corrected chi connectivity index (χ2v) is 5.75. The molecule has 1 aliphatic heterocycles. The van der Waals surface area contributed by atoms with Crippen LogP contribution in [0.2, 0.25) is 0 Å². The van der Waals surface area contributed by atoms with Gasteiger partial charge in [0.15, 0.2) is 17.3 Å². The van der Waals surface area contributed by atoms with Crippen LogP contribution >= 0.6 is 0 Å². The number of Topliss-reactive ketones (excluding diaryl/α,β-unsaturated/α-hetero) is 1. The predicted octanol–water partition coefficient (Wildman–Crippen LogP) is 1.52. The van der Waals surface area contributed by atoms with Crippen LogP contribution in [0.25, 0.3) is 0 Å². The van der Waals surface area contributed by atoms with E-state index >= 15 is 0 Å². The molecule has 1 saturated heterocycles. The molecular formula is C15H21NO4. The molecule has 110 valence electrons. The lowest BCUT2D eigenvalue weighted by Gasteiger charge is -2.21. The van der Waals surface area contributed by atoms with Gasteiger partial charge < -0.3 is 15.3 Å². The van der Waals surface area contributed by atoms with Crippen LogP contribution in [0.3, 0.4) is 0 Å². The van der Waals surface area contributed by atoms with Gasteiger partial charge >= 0.3 is 0 Å². The van der Waals surface area contributed by atoms with Crippen LogP contribution in [-0.4, -0.2) is 51.2 Å². The Morgan fingerprint density at radius 1 is 1.25 bits per heavy atom. The zero-order chi connectivity index (χ0) is 14.8. The maximum atomic E-state index is 12.2. The second-order valence-electron chi connectivity index (χ2n) is 5.75. The van der Waals surface area contributed by atoms with Crippen molar-refractivity contribution in [1.29, 1.82) is 0 Å². The number of nitrogens with zero attached hydrogens (tertiary/aromatic N) is 1. The van der Waals surface area contributed by atoms with Crippen molar-refractivity contribution < 1.29 is 20.1 Å². The number of hydrogen-bond donors (Lipinski definition) is 3. The van der Waals surface area contributed by atoms with E-state index in [2.05, 4.69) is 0 Å². The van der Waals surface area contributed by atoms with Gasteiger partial charge in [-0.05, 0) is 50.9 Å². The topological polar surface area (TPSA) is 81.0 Å². The van der Waals surface area contributed by atoms with Crippen molar-refractivity contribution in [1.82, 2.24) is 4.90 Å². The third kappa shape index (κ3) is 3.71. The van der Waals surface area contributed by atoms with Gasteiger partial charge in [0.25, 0.3) is 0 Å². The van der Waals surface area contributed by atoms with Gasteiger partial charge in [-0.3, -0.25) is 9.69 Å². The molecule has 2 rings (SSSR count). The van der Waals surface area contributed by atoms with Crippen molar-refractivity contribution in [3.05, 3.63) is 23.8 Å². The van der Waals surface area contributed by atoms with Gasteiger partial charge in [0.05, 0.1) is 12.1 Å². The number of likely N-dealkylation sites (tertiary alicyclic amines) is 1. The summed E-state index contributed by atoms with van der Waals surface area (Å²) in [6, 6.07) is 4.10. The van der Waals surface area contributed by atoms with Crippen LogP contribution in [0.4, 0.5) is 0 Å². The molecule has 0 amide bonds. The molecule has 0 bridgehead atoms. The minimum absolute atomic E-state index is 0.0955. The fourth-order valence-electron chi connectivity index (χ4n) is 2.47. The van der Waals surface area contributed by atoms with Gasteiger partial charge in [0, 0.05) is 12.1 Å². The summed E-state index contributed by atoms with van der Waals surface area (Å²) in [5, 5.41) is 28.7. The van der Waals surface area contributed by atoms with Crippen molar-refractivity contribution in [2.24, 2.45) is 0 Å². The Bertz CT molecular complexity index is 499. The third-order valence-electron chi connectivity index (χ3n) is 3.82. The molecule has 1 aliphatic rings. The van der Waals surface area contributed by atoms with E-state index in [1.54, 1.807) is 0 Å². The maximum absolute atomic E-state index is 12.2. The molecule has 1 aromatic rings. The molecule has 0 saturated carbocycles. The Morgan fingerprint density at radius 2 is 2.00 bits per heavy atom. The summed E-state index contributed by atoms with van der Waals surface area (Å²) < 4.78 is 0. The number of phenols is 2. The van der Waals surface area contributed by atoms with Gasteiger partial charge in [-0.15, -0.1) is 0 Å². The zero-order valence-corrected chi connectivity index (χ0v) is 11.7. The minimum atomic E-state index is -0.644. The standard InChI is InChI=1S/C15H21NO4/c1-15(20)5-2-7-16(8-6-15)10-14(19)11-3-4-12(17)13(18)9-11/h3-4,9,17-18,20H,2,5-8,10H2,1H3. The monoisotopic (exact) mass is 279 g/mol. The SMILES string of the molecule is CC1(O)CCCN(CC(=O)c2ccc(O)c(O)c2)CC1. The van der Waals surface area contributed by atoms with E-state index in [0.717, 1.165) is 19.4 Å². The highest BCUT2D eigenvalue weighted by Crippen LogP contribution is 2.25. The molecule has 0 aliphatic carbocycles. The number of carbonyl (C=O) groups is 1. The number of aliphatic hydroxyl groups is 1. The number of phenolic OH excluding ortho intramolecular Hbond substituents is 2. The predicted molar refractivity (Wildman–Crippen MR) is 75.0 cm³/mol. The van der Waals surface area contributed by atoms with Crippen LogP contribution in [0.15, 0.2) is 18.2 Å². The molecular weight excluding hydrogens is 258 g/mol. The fraction of sp³-hybridized carbons (Fsp3) is 0.533. The first-order chi connectivity index (χ1) is 9.37. The minimum Gasteiger partial charge on any atom is -0.504 e. The largest absolute Gasteiger partial charge is 0.504 e. The third-order valence-corrected chi connectivity index (χ3v) is 3.82. The van der Waals surface area contributed by atoms with Crippen LogP contribution < -0.4 is 0 Å². The molecule has 1 fully saturated rings. The van der Waals surface area contributed by atoms with Crippen LogP contribution in [0, 0.1) is 0 Å². The molecule has 1 atom stereocenters. The fourth-order valence-corrected chi connectivity index (χ4v) is 2.47. The summed E-state index contributed by atoms with van der Waals surface area (Å²) >= 11 is 0. The number of rotatable bonds is 3. The number of carbonyl (C=O) groups excluding carboxylic acids is 1. The first-order valence-electron chi connectivity index (χ1n) is 6.87. The van der Waals surface area contributed by atoms with E-state index in [-0.39, 0.29) is 23.8 Å². The smallest absolute Gasteiger partial charge is 0.176 e. The summed E-state index contributed by atoms with van der Waals surface area (Å²) in [5.74, 6) is -0.608. The van der Waals surface area contributed by atoms with Gasteiger partial charge in [0.1, 0.15) is 0 Å². The van der Waals surface area contributed by atoms with Crippen LogP contribution in [0.1, 0.15) is 36.5 Å². The first kappa shape index (κ1) is 14.8. The summed E-state index contributed by atoms with van der Waals surface area (Å²) in [7, 11) is 0. The average Bonchev–Trinajstić information content (AvgIpc) is 2.54. The Balaban J connectivity index is 1.99. The van der Waals surface area contributed by atoms with E-state index in [1.165, 1.54) is 18.2 Å². The maximum Gasteiger partial charge on any atom is 0.176 e. The Morgan fingerprint density at radius 3 is 2.70 bits per heavy atom. The van der Waals surface area contributed by atoms with Crippen molar-refractivity contribution in [2.75, 3.05) is 19.6 Å². The molecule has 1 heterocycles. The highest BCUT2D eigenvalue weighted by molar-refractivity contribution is 5.98. The lowest BCUT2D eigenvalue weighted by atomic mass is 9.98. The van der Waals surface area contributed by atoms with Crippen molar-refractivity contribution in [3.63, 3.8) is 0 Å². The normalized spacial score (nSPS) is 24.3. The molecule has 1 aromatic carbocycles. The highest BCUT2D eigenvalue weighted by atomic mass is 16.3. The average molecular weight is 279 g/mol. The van der Waals surface area contributed by atoms with Crippen molar-refractivity contribution in [2.45, 2.75) is 31.8 Å². The molecule has 5 nitrogen and oxygen atoms in total. The molecule has 0 radical (unpaired) electrons. The van der Waals surface area contributed by atoms with Crippen molar-refractivity contribution >= 4 is 5.78 Å². The highest BCUT2D eigenvalue weighted by Gasteiger charge is 2.25. The number of ketones is 1. The summed E-state index contributed by atoms with van der Waals surface area (Å²) in [6.45, 7) is 3.56. The molecule has 1 unspecified atom stereocenters. The molecule has 3 N–H and O–H groups in total. The van der Waals surface area contributed by atoms with Crippen molar-refractivity contribution in [3.8, 4) is 11.5 Å². The molecule has 0 aromatic heterocycles. The van der Waals surface area contributed by atoms with Crippen LogP contribution in [0.5, 0.6) is 11.5 Å². The summed E-state index contributed by atoms with van der Waals surface area (Å²) in [6.07, 6.45) is 2.26. The van der Waals surface area contributed by atoms with Gasteiger partial charge in [-0.25, -0.2) is 0 Å². The van der Waals surface area contributed by atoms with Crippen LogP contribution in [-0.2, 0) is 0 Å². The molecule has 0 spiro atoms. The van der Waals surface area contributed by atoms with Gasteiger partial charge in [-0.1, -0.05) is 0 Å².